The van der Waals surface area contributed by atoms with Crippen LogP contribution in [0, 0.1) is 0 Å². The third kappa shape index (κ3) is 2.69. The number of aromatic nitrogens is 4. The molecule has 110 valence electrons. The van der Waals surface area contributed by atoms with Crippen LogP contribution in [-0.2, 0) is 6.54 Å². The summed E-state index contributed by atoms with van der Waals surface area (Å²) in [5.74, 6) is 0. The average Bonchev–Trinajstić information content (AvgIpc) is 3.15. The average molecular weight is 283 g/mol. The van der Waals surface area contributed by atoms with Crippen LogP contribution in [0.4, 0.5) is 0 Å². The minimum absolute atomic E-state index is 0.130. The second kappa shape index (κ2) is 6.10. The zero-order valence-corrected chi connectivity index (χ0v) is 12.5. The predicted octanol–water partition coefficient (Wildman–Crippen LogP) is 2.64. The molecule has 0 aromatic carbocycles. The number of aryl methyl sites for hydroxylation is 1. The van der Waals surface area contributed by atoms with Crippen molar-refractivity contribution < 1.29 is 0 Å². The van der Waals surface area contributed by atoms with E-state index >= 15 is 0 Å². The fraction of sp³-hybridized carbons (Fsp3) is 0.375. The Hall–Kier alpha value is -2.14. The van der Waals surface area contributed by atoms with E-state index in [0.717, 1.165) is 25.0 Å². The lowest BCUT2D eigenvalue weighted by atomic mass is 10.0. The fourth-order valence-corrected chi connectivity index (χ4v) is 2.57. The van der Waals surface area contributed by atoms with E-state index in [1.165, 1.54) is 11.1 Å². The number of nitrogens with zero attached hydrogens (tertiary/aromatic N) is 4. The minimum atomic E-state index is 0.130. The predicted molar refractivity (Wildman–Crippen MR) is 83.2 cm³/mol. The van der Waals surface area contributed by atoms with Crippen molar-refractivity contribution in [1.29, 1.82) is 0 Å². The molecule has 5 heteroatoms. The van der Waals surface area contributed by atoms with E-state index in [9.17, 15) is 0 Å². The van der Waals surface area contributed by atoms with Gasteiger partial charge in [-0.25, -0.2) is 4.52 Å². The van der Waals surface area contributed by atoms with Gasteiger partial charge in [-0.1, -0.05) is 13.0 Å². The summed E-state index contributed by atoms with van der Waals surface area (Å²) in [6, 6.07) is 6.28. The van der Waals surface area contributed by atoms with E-state index in [2.05, 4.69) is 41.6 Å². The number of pyridine rings is 1. The first-order valence-corrected chi connectivity index (χ1v) is 7.51. The van der Waals surface area contributed by atoms with E-state index < -0.39 is 0 Å². The van der Waals surface area contributed by atoms with Crippen LogP contribution in [0.2, 0.25) is 0 Å². The molecule has 3 aromatic rings. The second-order valence-electron chi connectivity index (χ2n) is 5.15. The van der Waals surface area contributed by atoms with E-state index in [4.69, 9.17) is 0 Å². The normalized spacial score (nSPS) is 12.9. The van der Waals surface area contributed by atoms with Gasteiger partial charge in [-0.2, -0.15) is 10.2 Å². The van der Waals surface area contributed by atoms with Crippen LogP contribution >= 0.6 is 0 Å². The maximum absolute atomic E-state index is 4.45. The summed E-state index contributed by atoms with van der Waals surface area (Å²) in [5, 5.41) is 12.5. The van der Waals surface area contributed by atoms with Gasteiger partial charge in [0.1, 0.15) is 0 Å². The number of fused-ring (bicyclic) bond motifs is 1. The lowest BCUT2D eigenvalue weighted by Crippen LogP contribution is -2.22. The molecule has 0 aliphatic carbocycles. The van der Waals surface area contributed by atoms with Gasteiger partial charge in [0.15, 0.2) is 0 Å². The van der Waals surface area contributed by atoms with E-state index in [0.29, 0.717) is 0 Å². The molecule has 1 N–H and O–H groups in total. The highest BCUT2D eigenvalue weighted by Gasteiger charge is 2.19. The largest absolute Gasteiger partial charge is 0.306 e. The Morgan fingerprint density at radius 3 is 2.86 bits per heavy atom. The van der Waals surface area contributed by atoms with Crippen LogP contribution in [0.3, 0.4) is 0 Å². The SMILES string of the molecule is CCCNC(c1cnn(CC)c1)c1cnn2ccccc12. The number of hydrogen-bond acceptors (Lipinski definition) is 3. The van der Waals surface area contributed by atoms with Gasteiger partial charge in [0, 0.05) is 30.1 Å². The summed E-state index contributed by atoms with van der Waals surface area (Å²) < 4.78 is 3.88. The molecule has 5 nitrogen and oxygen atoms in total. The molecule has 0 aliphatic rings. The molecule has 0 bridgehead atoms. The summed E-state index contributed by atoms with van der Waals surface area (Å²) in [4.78, 5) is 0. The van der Waals surface area contributed by atoms with Gasteiger partial charge in [0.2, 0.25) is 0 Å². The molecule has 1 unspecified atom stereocenters. The van der Waals surface area contributed by atoms with Crippen molar-refractivity contribution in [2.24, 2.45) is 0 Å². The molecular weight excluding hydrogens is 262 g/mol. The van der Waals surface area contributed by atoms with Crippen molar-refractivity contribution in [3.63, 3.8) is 0 Å². The van der Waals surface area contributed by atoms with Crippen molar-refractivity contribution in [2.45, 2.75) is 32.9 Å². The first-order chi connectivity index (χ1) is 10.3. The van der Waals surface area contributed by atoms with Crippen molar-refractivity contribution >= 4 is 5.52 Å². The second-order valence-corrected chi connectivity index (χ2v) is 5.15. The summed E-state index contributed by atoms with van der Waals surface area (Å²) in [7, 11) is 0. The molecule has 0 saturated carbocycles. The summed E-state index contributed by atoms with van der Waals surface area (Å²) >= 11 is 0. The Morgan fingerprint density at radius 2 is 2.10 bits per heavy atom. The monoisotopic (exact) mass is 283 g/mol. The van der Waals surface area contributed by atoms with Gasteiger partial charge in [-0.05, 0) is 32.0 Å². The van der Waals surface area contributed by atoms with Crippen LogP contribution in [0.25, 0.3) is 5.52 Å². The zero-order chi connectivity index (χ0) is 14.7. The van der Waals surface area contributed by atoms with E-state index in [1.54, 1.807) is 0 Å². The Labute approximate surface area is 124 Å². The molecule has 0 radical (unpaired) electrons. The molecule has 1 atom stereocenters. The van der Waals surface area contributed by atoms with Crippen LogP contribution in [0.15, 0.2) is 43.0 Å². The Morgan fingerprint density at radius 1 is 1.19 bits per heavy atom. The highest BCUT2D eigenvalue weighted by molar-refractivity contribution is 5.56. The smallest absolute Gasteiger partial charge is 0.0712 e. The van der Waals surface area contributed by atoms with Crippen molar-refractivity contribution in [1.82, 2.24) is 24.7 Å². The lowest BCUT2D eigenvalue weighted by molar-refractivity contribution is 0.599. The van der Waals surface area contributed by atoms with Crippen LogP contribution in [-0.4, -0.2) is 25.9 Å². The summed E-state index contributed by atoms with van der Waals surface area (Å²) in [6.45, 7) is 6.12. The van der Waals surface area contributed by atoms with Gasteiger partial charge >= 0.3 is 0 Å². The number of hydrogen-bond donors (Lipinski definition) is 1. The van der Waals surface area contributed by atoms with Crippen LogP contribution < -0.4 is 5.32 Å². The molecule has 0 fully saturated rings. The maximum Gasteiger partial charge on any atom is 0.0712 e. The summed E-state index contributed by atoms with van der Waals surface area (Å²) in [5.41, 5.74) is 3.51. The van der Waals surface area contributed by atoms with E-state index in [1.807, 2.05) is 39.9 Å². The molecule has 21 heavy (non-hydrogen) atoms. The third-order valence-electron chi connectivity index (χ3n) is 3.68. The lowest BCUT2D eigenvalue weighted by Gasteiger charge is -2.16. The topological polar surface area (TPSA) is 47.2 Å². The van der Waals surface area contributed by atoms with Crippen molar-refractivity contribution in [2.75, 3.05) is 6.54 Å². The standard InChI is InChI=1S/C16H21N5/c1-3-8-17-16(13-10-18-20(4-2)12-13)14-11-19-21-9-6-5-7-15(14)21/h5-7,9-12,16-17H,3-4,8H2,1-2H3. The summed E-state index contributed by atoms with van der Waals surface area (Å²) in [6.07, 6.45) is 9.08. The quantitative estimate of drug-likeness (QED) is 0.756. The molecule has 0 amide bonds. The maximum atomic E-state index is 4.45. The fourth-order valence-electron chi connectivity index (χ4n) is 2.57. The van der Waals surface area contributed by atoms with Gasteiger partial charge in [-0.15, -0.1) is 0 Å². The van der Waals surface area contributed by atoms with Gasteiger partial charge < -0.3 is 5.32 Å². The minimum Gasteiger partial charge on any atom is -0.306 e. The van der Waals surface area contributed by atoms with Crippen molar-refractivity contribution in [3.05, 3.63) is 54.1 Å². The molecular formula is C16H21N5. The first kappa shape index (κ1) is 13.8. The Balaban J connectivity index is 2.02. The van der Waals surface area contributed by atoms with Crippen molar-refractivity contribution in [3.8, 4) is 0 Å². The Bertz CT molecular complexity index is 712. The molecule has 3 heterocycles. The first-order valence-electron chi connectivity index (χ1n) is 7.51. The highest BCUT2D eigenvalue weighted by Crippen LogP contribution is 2.25. The highest BCUT2D eigenvalue weighted by atomic mass is 15.3. The van der Waals surface area contributed by atoms with Crippen LogP contribution in [0.5, 0.6) is 0 Å². The molecule has 0 spiro atoms. The molecule has 0 aliphatic heterocycles. The molecule has 0 saturated heterocycles. The number of nitrogens with one attached hydrogen (secondary N) is 1. The van der Waals surface area contributed by atoms with E-state index in [-0.39, 0.29) is 6.04 Å². The molecule has 3 aromatic heterocycles. The molecule has 3 rings (SSSR count). The van der Waals surface area contributed by atoms with Gasteiger partial charge in [0.05, 0.1) is 24.0 Å². The zero-order valence-electron chi connectivity index (χ0n) is 12.5. The number of rotatable bonds is 6. The third-order valence-corrected chi connectivity index (χ3v) is 3.68. The van der Waals surface area contributed by atoms with Gasteiger partial charge in [-0.3, -0.25) is 4.68 Å². The van der Waals surface area contributed by atoms with Gasteiger partial charge in [0.25, 0.3) is 0 Å². The Kier molecular flexibility index (Phi) is 4.01. The van der Waals surface area contributed by atoms with Crippen LogP contribution in [0.1, 0.15) is 37.4 Å².